The number of rotatable bonds is 3. The number of aryl methyl sites for hydroxylation is 1. The molecule has 1 aliphatic heterocycles. The molecule has 2 aromatic heterocycles. The van der Waals surface area contributed by atoms with Crippen LogP contribution in [0.15, 0.2) is 18.3 Å². The minimum Gasteiger partial charge on any atom is -0.325 e. The molecule has 1 amide bonds. The summed E-state index contributed by atoms with van der Waals surface area (Å²) in [5, 5.41) is 2.80. The molecule has 2 aliphatic carbocycles. The Hall–Kier alpha value is -2.50. The highest BCUT2D eigenvalue weighted by Crippen LogP contribution is 2.58. The number of anilines is 3. The Morgan fingerprint density at radius 1 is 1.27 bits per heavy atom. The smallest absolute Gasteiger partial charge is 0.222 e. The first-order valence-corrected chi connectivity index (χ1v) is 9.45. The van der Waals surface area contributed by atoms with E-state index in [0.29, 0.717) is 11.7 Å². The fourth-order valence-electron chi connectivity index (χ4n) is 4.14. The standard InChI is InChI=1S/C20H23N5O/c1-12-8-18(24-19(22-12)14-4-3-5-14)25-11-20(6-7-20)15-10-21-17(9-16(15)25)23-13(2)26/h8-10,14H,3-7,11H2,1-2H3,(H,21,23,26). The van der Waals surface area contributed by atoms with Crippen molar-refractivity contribution in [2.75, 3.05) is 16.8 Å². The van der Waals surface area contributed by atoms with Gasteiger partial charge in [-0.1, -0.05) is 6.42 Å². The van der Waals surface area contributed by atoms with Crippen LogP contribution in [0.2, 0.25) is 0 Å². The molecule has 0 aromatic carbocycles. The summed E-state index contributed by atoms with van der Waals surface area (Å²) < 4.78 is 0. The molecule has 6 nitrogen and oxygen atoms in total. The van der Waals surface area contributed by atoms with Crippen molar-refractivity contribution in [2.24, 2.45) is 0 Å². The van der Waals surface area contributed by atoms with Crippen LogP contribution in [0, 0.1) is 6.92 Å². The summed E-state index contributed by atoms with van der Waals surface area (Å²) >= 11 is 0. The molecule has 1 spiro atoms. The maximum Gasteiger partial charge on any atom is 0.222 e. The van der Waals surface area contributed by atoms with Crippen molar-refractivity contribution in [3.05, 3.63) is 35.4 Å². The number of fused-ring (bicyclic) bond motifs is 2. The number of nitrogens with zero attached hydrogens (tertiary/aromatic N) is 4. The molecule has 6 heteroatoms. The first-order chi connectivity index (χ1) is 12.5. The van der Waals surface area contributed by atoms with Crippen LogP contribution in [-0.4, -0.2) is 27.4 Å². The van der Waals surface area contributed by atoms with Crippen LogP contribution >= 0.6 is 0 Å². The van der Waals surface area contributed by atoms with E-state index in [9.17, 15) is 4.79 Å². The minimum atomic E-state index is -0.103. The summed E-state index contributed by atoms with van der Waals surface area (Å²) in [6.07, 6.45) is 7.99. The van der Waals surface area contributed by atoms with E-state index in [4.69, 9.17) is 4.98 Å². The first-order valence-electron chi connectivity index (χ1n) is 9.45. The monoisotopic (exact) mass is 349 g/mol. The average Bonchev–Trinajstić information content (AvgIpc) is 3.22. The van der Waals surface area contributed by atoms with Gasteiger partial charge in [0.25, 0.3) is 0 Å². The average molecular weight is 349 g/mol. The Balaban J connectivity index is 1.57. The van der Waals surface area contributed by atoms with Gasteiger partial charge < -0.3 is 10.2 Å². The molecule has 0 atom stereocenters. The van der Waals surface area contributed by atoms with Crippen molar-refractivity contribution in [2.45, 2.75) is 57.3 Å². The van der Waals surface area contributed by atoms with E-state index < -0.39 is 0 Å². The summed E-state index contributed by atoms with van der Waals surface area (Å²) in [7, 11) is 0. The van der Waals surface area contributed by atoms with Gasteiger partial charge in [-0.2, -0.15) is 0 Å². The number of pyridine rings is 1. The van der Waals surface area contributed by atoms with Crippen LogP contribution in [0.25, 0.3) is 0 Å². The van der Waals surface area contributed by atoms with E-state index in [1.807, 2.05) is 19.2 Å². The van der Waals surface area contributed by atoms with E-state index in [1.54, 1.807) is 0 Å². The third-order valence-electron chi connectivity index (χ3n) is 5.97. The fraction of sp³-hybridized carbons (Fsp3) is 0.500. The van der Waals surface area contributed by atoms with Crippen molar-refractivity contribution in [3.63, 3.8) is 0 Å². The molecule has 0 bridgehead atoms. The predicted octanol–water partition coefficient (Wildman–Crippen LogP) is 3.59. The zero-order valence-corrected chi connectivity index (χ0v) is 15.2. The highest BCUT2D eigenvalue weighted by atomic mass is 16.1. The molecule has 0 saturated heterocycles. The minimum absolute atomic E-state index is 0.103. The van der Waals surface area contributed by atoms with Gasteiger partial charge in [-0.15, -0.1) is 0 Å². The second kappa shape index (κ2) is 5.50. The number of hydrogen-bond donors (Lipinski definition) is 1. The lowest BCUT2D eigenvalue weighted by molar-refractivity contribution is -0.114. The zero-order chi connectivity index (χ0) is 17.9. The maximum absolute atomic E-state index is 11.4. The predicted molar refractivity (Wildman–Crippen MR) is 99.8 cm³/mol. The molecule has 26 heavy (non-hydrogen) atoms. The van der Waals surface area contributed by atoms with Crippen LogP contribution in [0.5, 0.6) is 0 Å². The molecular weight excluding hydrogens is 326 g/mol. The quantitative estimate of drug-likeness (QED) is 0.917. The molecule has 2 aromatic rings. The lowest BCUT2D eigenvalue weighted by Crippen LogP contribution is -2.22. The summed E-state index contributed by atoms with van der Waals surface area (Å²) in [5.74, 6) is 2.97. The van der Waals surface area contributed by atoms with Gasteiger partial charge >= 0.3 is 0 Å². The molecule has 2 fully saturated rings. The first kappa shape index (κ1) is 15.7. The van der Waals surface area contributed by atoms with Crippen LogP contribution in [0.1, 0.15) is 62.0 Å². The van der Waals surface area contributed by atoms with Crippen molar-refractivity contribution in [1.82, 2.24) is 15.0 Å². The highest BCUT2D eigenvalue weighted by Gasteiger charge is 2.52. The van der Waals surface area contributed by atoms with Gasteiger partial charge in [0.05, 0.1) is 5.69 Å². The van der Waals surface area contributed by atoms with E-state index in [0.717, 1.165) is 29.6 Å². The molecule has 2 saturated carbocycles. The van der Waals surface area contributed by atoms with E-state index in [1.165, 1.54) is 44.6 Å². The lowest BCUT2D eigenvalue weighted by atomic mass is 9.85. The Labute approximate surface area is 153 Å². The molecular formula is C20H23N5O. The lowest BCUT2D eigenvalue weighted by Gasteiger charge is -2.26. The molecule has 3 aliphatic rings. The number of nitrogens with one attached hydrogen (secondary N) is 1. The normalized spacial score (nSPS) is 20.0. The summed E-state index contributed by atoms with van der Waals surface area (Å²) in [6.45, 7) is 4.49. The van der Waals surface area contributed by atoms with Gasteiger partial charge in [0, 0.05) is 54.4 Å². The van der Waals surface area contributed by atoms with E-state index >= 15 is 0 Å². The number of carbonyl (C=O) groups is 1. The zero-order valence-electron chi connectivity index (χ0n) is 15.2. The third kappa shape index (κ3) is 2.47. The number of aromatic nitrogens is 3. The van der Waals surface area contributed by atoms with Gasteiger partial charge in [0.2, 0.25) is 5.91 Å². The molecule has 5 rings (SSSR count). The highest BCUT2D eigenvalue weighted by molar-refractivity contribution is 5.89. The van der Waals surface area contributed by atoms with Crippen molar-refractivity contribution >= 4 is 23.2 Å². The van der Waals surface area contributed by atoms with E-state index in [2.05, 4.69) is 26.3 Å². The summed E-state index contributed by atoms with van der Waals surface area (Å²) in [5.41, 5.74) is 3.64. The van der Waals surface area contributed by atoms with Gasteiger partial charge in [-0.05, 0) is 32.6 Å². The molecule has 3 heterocycles. The van der Waals surface area contributed by atoms with Crippen LogP contribution in [-0.2, 0) is 10.2 Å². The van der Waals surface area contributed by atoms with Crippen LogP contribution < -0.4 is 10.2 Å². The number of carbonyl (C=O) groups excluding carboxylic acids is 1. The Morgan fingerprint density at radius 2 is 2.08 bits per heavy atom. The largest absolute Gasteiger partial charge is 0.325 e. The molecule has 134 valence electrons. The summed E-state index contributed by atoms with van der Waals surface area (Å²) in [6, 6.07) is 4.07. The molecule has 0 radical (unpaired) electrons. The fourth-order valence-corrected chi connectivity index (χ4v) is 4.14. The topological polar surface area (TPSA) is 71.0 Å². The van der Waals surface area contributed by atoms with Crippen molar-refractivity contribution in [1.29, 1.82) is 0 Å². The van der Waals surface area contributed by atoms with Crippen molar-refractivity contribution in [3.8, 4) is 0 Å². The third-order valence-corrected chi connectivity index (χ3v) is 5.97. The SMILES string of the molecule is CC(=O)Nc1cc2c(cn1)C1(CC1)CN2c1cc(C)nc(C2CCC2)n1. The Morgan fingerprint density at radius 3 is 2.73 bits per heavy atom. The van der Waals surface area contributed by atoms with Crippen LogP contribution in [0.3, 0.4) is 0 Å². The number of amides is 1. The number of hydrogen-bond acceptors (Lipinski definition) is 5. The van der Waals surface area contributed by atoms with Gasteiger partial charge in [-0.25, -0.2) is 15.0 Å². The molecule has 1 N–H and O–H groups in total. The summed E-state index contributed by atoms with van der Waals surface area (Å²) in [4.78, 5) is 27.8. The second-order valence-electron chi connectivity index (χ2n) is 7.99. The second-order valence-corrected chi connectivity index (χ2v) is 7.99. The van der Waals surface area contributed by atoms with Crippen LogP contribution in [0.4, 0.5) is 17.3 Å². The van der Waals surface area contributed by atoms with E-state index in [-0.39, 0.29) is 11.3 Å². The Bertz CT molecular complexity index is 901. The van der Waals surface area contributed by atoms with Crippen molar-refractivity contribution < 1.29 is 4.79 Å². The molecule has 0 unspecified atom stereocenters. The van der Waals surface area contributed by atoms with Gasteiger partial charge in [0.1, 0.15) is 17.5 Å². The maximum atomic E-state index is 11.4. The Kier molecular flexibility index (Phi) is 3.33. The van der Waals surface area contributed by atoms with Gasteiger partial charge in [-0.3, -0.25) is 4.79 Å². The van der Waals surface area contributed by atoms with Gasteiger partial charge in [0.15, 0.2) is 0 Å².